The molecule has 20 heavy (non-hydrogen) atoms. The maximum atomic E-state index is 13.1. The molecule has 1 heterocycles. The van der Waals surface area contributed by atoms with E-state index in [0.717, 1.165) is 35.6 Å². The third-order valence-corrected chi connectivity index (χ3v) is 4.77. The third kappa shape index (κ3) is 2.73. The number of aromatic hydroxyl groups is 1. The lowest BCUT2D eigenvalue weighted by Crippen LogP contribution is -2.15. The molecular weight excluding hydrogens is 309 g/mol. The number of phenolic OH excluding ortho intramolecular Hbond substituents is 1. The summed E-state index contributed by atoms with van der Waals surface area (Å²) < 4.78 is 39.2. The van der Waals surface area contributed by atoms with Gasteiger partial charge in [-0.15, -0.1) is 11.3 Å². The van der Waals surface area contributed by atoms with Gasteiger partial charge in [0.25, 0.3) is 10.0 Å². The van der Waals surface area contributed by atoms with Crippen molar-refractivity contribution in [2.75, 3.05) is 4.72 Å². The molecule has 9 heteroatoms. The van der Waals surface area contributed by atoms with E-state index in [-0.39, 0.29) is 10.6 Å². The Balaban J connectivity index is 2.38. The predicted octanol–water partition coefficient (Wildman–Crippen LogP) is 2.09. The van der Waals surface area contributed by atoms with Gasteiger partial charge >= 0.3 is 5.97 Å². The standard InChI is InChI=1S/C11H8FNO5S2/c12-7-5-6(1-2-8(7)14)13-20(17,18)9-3-4-19-10(9)11(15)16/h1-5,13-14H,(H,15,16). The molecule has 0 aliphatic rings. The summed E-state index contributed by atoms with van der Waals surface area (Å²) in [6.07, 6.45) is 0. The number of halogens is 1. The van der Waals surface area contributed by atoms with Gasteiger partial charge in [-0.05, 0) is 23.6 Å². The van der Waals surface area contributed by atoms with E-state index in [1.807, 2.05) is 4.72 Å². The lowest BCUT2D eigenvalue weighted by Gasteiger charge is -2.08. The van der Waals surface area contributed by atoms with Crippen LogP contribution in [0.1, 0.15) is 9.67 Å². The molecule has 0 spiro atoms. The normalized spacial score (nSPS) is 11.2. The van der Waals surface area contributed by atoms with E-state index in [0.29, 0.717) is 0 Å². The van der Waals surface area contributed by atoms with Crippen LogP contribution < -0.4 is 4.72 Å². The molecule has 1 aromatic carbocycles. The van der Waals surface area contributed by atoms with E-state index in [4.69, 9.17) is 10.2 Å². The van der Waals surface area contributed by atoms with Gasteiger partial charge in [0, 0.05) is 6.07 Å². The molecule has 0 unspecified atom stereocenters. The molecule has 0 saturated carbocycles. The number of anilines is 1. The average Bonchev–Trinajstić information content (AvgIpc) is 2.83. The topological polar surface area (TPSA) is 104 Å². The molecule has 0 aliphatic heterocycles. The minimum atomic E-state index is -4.14. The summed E-state index contributed by atoms with van der Waals surface area (Å²) in [5.41, 5.74) is -0.122. The number of benzene rings is 1. The first-order chi connectivity index (χ1) is 9.31. The number of carboxylic acid groups (broad SMARTS) is 1. The zero-order chi connectivity index (χ0) is 14.9. The Bertz CT molecular complexity index is 769. The van der Waals surface area contributed by atoms with E-state index in [9.17, 15) is 17.6 Å². The minimum absolute atomic E-state index is 0.122. The molecule has 0 saturated heterocycles. The molecule has 3 N–H and O–H groups in total. The van der Waals surface area contributed by atoms with Crippen LogP contribution in [0.25, 0.3) is 0 Å². The molecule has 6 nitrogen and oxygen atoms in total. The van der Waals surface area contributed by atoms with Crippen molar-refractivity contribution < 1.29 is 27.8 Å². The third-order valence-electron chi connectivity index (χ3n) is 2.31. The first-order valence-corrected chi connectivity index (χ1v) is 7.49. The van der Waals surface area contributed by atoms with Gasteiger partial charge in [0.2, 0.25) is 0 Å². The van der Waals surface area contributed by atoms with Gasteiger partial charge in [0.15, 0.2) is 11.6 Å². The van der Waals surface area contributed by atoms with E-state index in [1.54, 1.807) is 0 Å². The largest absolute Gasteiger partial charge is 0.505 e. The summed E-state index contributed by atoms with van der Waals surface area (Å²) in [4.78, 5) is 10.2. The van der Waals surface area contributed by atoms with Gasteiger partial charge in [-0.25, -0.2) is 17.6 Å². The van der Waals surface area contributed by atoms with Gasteiger partial charge < -0.3 is 10.2 Å². The van der Waals surface area contributed by atoms with E-state index < -0.39 is 32.5 Å². The molecule has 0 amide bonds. The van der Waals surface area contributed by atoms with Crippen molar-refractivity contribution in [2.45, 2.75) is 4.90 Å². The minimum Gasteiger partial charge on any atom is -0.505 e. The van der Waals surface area contributed by atoms with Crippen LogP contribution in [-0.4, -0.2) is 24.6 Å². The maximum absolute atomic E-state index is 13.1. The number of rotatable bonds is 4. The monoisotopic (exact) mass is 317 g/mol. The molecule has 0 radical (unpaired) electrons. The summed E-state index contributed by atoms with van der Waals surface area (Å²) in [6.45, 7) is 0. The second kappa shape index (κ2) is 5.10. The van der Waals surface area contributed by atoms with Crippen molar-refractivity contribution in [3.8, 4) is 5.75 Å². The lowest BCUT2D eigenvalue weighted by atomic mass is 10.3. The van der Waals surface area contributed by atoms with Gasteiger partial charge in [0.05, 0.1) is 5.69 Å². The van der Waals surface area contributed by atoms with Gasteiger partial charge in [-0.1, -0.05) is 0 Å². The van der Waals surface area contributed by atoms with E-state index in [1.165, 1.54) is 5.38 Å². The van der Waals surface area contributed by atoms with Gasteiger partial charge in [0.1, 0.15) is 9.77 Å². The summed E-state index contributed by atoms with van der Waals surface area (Å²) in [6, 6.07) is 4.08. The Kier molecular flexibility index (Phi) is 3.64. The van der Waals surface area contributed by atoms with Crippen LogP contribution in [0.15, 0.2) is 34.5 Å². The fourth-order valence-electron chi connectivity index (χ4n) is 1.45. The molecular formula is C11H8FNO5S2. The van der Waals surface area contributed by atoms with Gasteiger partial charge in [-0.3, -0.25) is 4.72 Å². The zero-order valence-electron chi connectivity index (χ0n) is 9.70. The first kappa shape index (κ1) is 14.3. The summed E-state index contributed by atoms with van der Waals surface area (Å²) in [5.74, 6) is -2.97. The Hall–Kier alpha value is -2.13. The number of thiophene rings is 1. The molecule has 0 aliphatic carbocycles. The van der Waals surface area contributed by atoms with Crippen LogP contribution in [0.5, 0.6) is 5.75 Å². The first-order valence-electron chi connectivity index (χ1n) is 5.13. The maximum Gasteiger partial charge on any atom is 0.347 e. The molecule has 106 valence electrons. The second-order valence-electron chi connectivity index (χ2n) is 3.69. The van der Waals surface area contributed by atoms with Crippen molar-refractivity contribution >= 4 is 33.0 Å². The Morgan fingerprint density at radius 2 is 2.00 bits per heavy atom. The molecule has 2 aromatic rings. The summed E-state index contributed by atoms with van der Waals surface area (Å²) >= 11 is 0.768. The number of hydrogen-bond donors (Lipinski definition) is 3. The number of carboxylic acids is 1. The summed E-state index contributed by atoms with van der Waals surface area (Å²) in [7, 11) is -4.14. The van der Waals surface area contributed by atoms with Crippen LogP contribution in [0, 0.1) is 5.82 Å². The van der Waals surface area contributed by atoms with Crippen molar-refractivity contribution in [1.29, 1.82) is 0 Å². The average molecular weight is 317 g/mol. The second-order valence-corrected chi connectivity index (χ2v) is 6.26. The van der Waals surface area contributed by atoms with Crippen LogP contribution in [0.3, 0.4) is 0 Å². The number of sulfonamides is 1. The highest BCUT2D eigenvalue weighted by molar-refractivity contribution is 7.93. The fourth-order valence-corrected chi connectivity index (χ4v) is 3.76. The molecule has 1 aromatic heterocycles. The van der Waals surface area contributed by atoms with Crippen LogP contribution >= 0.6 is 11.3 Å². The van der Waals surface area contributed by atoms with Crippen LogP contribution in [0.2, 0.25) is 0 Å². The zero-order valence-corrected chi connectivity index (χ0v) is 11.3. The number of carbonyl (C=O) groups is 1. The number of hydrogen-bond acceptors (Lipinski definition) is 5. The smallest absolute Gasteiger partial charge is 0.347 e. The molecule has 2 rings (SSSR count). The number of nitrogens with one attached hydrogen (secondary N) is 1. The molecule has 0 fully saturated rings. The molecule has 0 atom stereocenters. The van der Waals surface area contributed by atoms with Crippen molar-refractivity contribution in [2.24, 2.45) is 0 Å². The Labute approximate surface area is 117 Å². The highest BCUT2D eigenvalue weighted by Crippen LogP contribution is 2.26. The Morgan fingerprint density at radius 1 is 1.30 bits per heavy atom. The van der Waals surface area contributed by atoms with Crippen LogP contribution in [0.4, 0.5) is 10.1 Å². The number of aromatic carboxylic acids is 1. The van der Waals surface area contributed by atoms with Gasteiger partial charge in [-0.2, -0.15) is 0 Å². The summed E-state index contributed by atoms with van der Waals surface area (Å²) in [5, 5.41) is 19.2. The lowest BCUT2D eigenvalue weighted by molar-refractivity contribution is 0.0698. The molecule has 0 bridgehead atoms. The Morgan fingerprint density at radius 3 is 2.60 bits per heavy atom. The van der Waals surface area contributed by atoms with Crippen molar-refractivity contribution in [1.82, 2.24) is 0 Å². The van der Waals surface area contributed by atoms with Crippen molar-refractivity contribution in [3.63, 3.8) is 0 Å². The van der Waals surface area contributed by atoms with E-state index in [2.05, 4.69) is 0 Å². The fraction of sp³-hybridized carbons (Fsp3) is 0. The highest BCUT2D eigenvalue weighted by atomic mass is 32.2. The highest BCUT2D eigenvalue weighted by Gasteiger charge is 2.24. The predicted molar refractivity (Wildman–Crippen MR) is 70.2 cm³/mol. The number of phenols is 1. The quantitative estimate of drug-likeness (QED) is 0.749. The SMILES string of the molecule is O=C(O)c1sccc1S(=O)(=O)Nc1ccc(O)c(F)c1. The van der Waals surface area contributed by atoms with Crippen LogP contribution in [-0.2, 0) is 10.0 Å². The van der Waals surface area contributed by atoms with E-state index >= 15 is 0 Å². The van der Waals surface area contributed by atoms with Crippen molar-refractivity contribution in [3.05, 3.63) is 40.3 Å².